The first-order valence-corrected chi connectivity index (χ1v) is 9.67. The molecule has 1 amide bonds. The van der Waals surface area contributed by atoms with Gasteiger partial charge in [-0.25, -0.2) is 4.68 Å². The van der Waals surface area contributed by atoms with Crippen LogP contribution < -0.4 is 5.32 Å². The molecule has 1 aliphatic rings. The van der Waals surface area contributed by atoms with Crippen molar-refractivity contribution < 1.29 is 4.79 Å². The molecule has 3 aromatic rings. The maximum absolute atomic E-state index is 12.6. The second kappa shape index (κ2) is 7.05. The van der Waals surface area contributed by atoms with Gasteiger partial charge >= 0.3 is 0 Å². The van der Waals surface area contributed by atoms with Gasteiger partial charge in [0.2, 0.25) is 5.91 Å². The van der Waals surface area contributed by atoms with Crippen molar-refractivity contribution in [2.75, 3.05) is 18.4 Å². The average Bonchev–Trinajstić information content (AvgIpc) is 3.21. The number of amides is 1. The Morgan fingerprint density at radius 2 is 2.04 bits per heavy atom. The van der Waals surface area contributed by atoms with Crippen molar-refractivity contribution >= 4 is 23.1 Å². The van der Waals surface area contributed by atoms with Crippen molar-refractivity contribution in [3.8, 4) is 5.69 Å². The number of hydrogen-bond acceptors (Lipinski definition) is 4. The molecule has 1 N–H and O–H groups in total. The fraction of sp³-hybridized carbons (Fsp3) is 0.300. The van der Waals surface area contributed by atoms with Crippen LogP contribution in [0.2, 0.25) is 0 Å². The van der Waals surface area contributed by atoms with Gasteiger partial charge in [-0.2, -0.15) is 5.10 Å². The molecule has 0 bridgehead atoms. The number of fused-ring (bicyclic) bond motifs is 1. The van der Waals surface area contributed by atoms with Gasteiger partial charge in [0.05, 0.1) is 17.9 Å². The molecule has 0 aliphatic carbocycles. The van der Waals surface area contributed by atoms with Crippen LogP contribution in [0, 0.1) is 13.8 Å². The molecule has 0 fully saturated rings. The Balaban J connectivity index is 1.46. The van der Waals surface area contributed by atoms with E-state index < -0.39 is 0 Å². The topological polar surface area (TPSA) is 50.2 Å². The van der Waals surface area contributed by atoms with Crippen LogP contribution in [-0.2, 0) is 17.8 Å². The van der Waals surface area contributed by atoms with Gasteiger partial charge in [-0.1, -0.05) is 17.7 Å². The Morgan fingerprint density at radius 1 is 1.23 bits per heavy atom. The molecule has 6 heteroatoms. The lowest BCUT2D eigenvalue weighted by atomic mass is 10.1. The summed E-state index contributed by atoms with van der Waals surface area (Å²) in [6, 6.07) is 12.2. The zero-order valence-electron chi connectivity index (χ0n) is 15.0. The highest BCUT2D eigenvalue weighted by Gasteiger charge is 2.20. The van der Waals surface area contributed by atoms with Crippen LogP contribution in [-0.4, -0.2) is 33.7 Å². The third-order valence-corrected chi connectivity index (χ3v) is 5.65. The molecule has 0 spiro atoms. The molecule has 3 heterocycles. The van der Waals surface area contributed by atoms with Gasteiger partial charge in [0.25, 0.3) is 0 Å². The maximum Gasteiger partial charge on any atom is 0.239 e. The lowest BCUT2D eigenvalue weighted by Gasteiger charge is -2.26. The van der Waals surface area contributed by atoms with Crippen molar-refractivity contribution in [3.63, 3.8) is 0 Å². The second-order valence-corrected chi connectivity index (χ2v) is 7.80. The van der Waals surface area contributed by atoms with Crippen LogP contribution in [0.5, 0.6) is 0 Å². The van der Waals surface area contributed by atoms with E-state index in [0.717, 1.165) is 30.9 Å². The summed E-state index contributed by atoms with van der Waals surface area (Å²) in [5.74, 6) is 0.710. The number of carbonyl (C=O) groups excluding carboxylic acids is 1. The molecule has 134 valence electrons. The van der Waals surface area contributed by atoms with Crippen LogP contribution in [0.3, 0.4) is 0 Å². The predicted octanol–water partition coefficient (Wildman–Crippen LogP) is 3.55. The van der Waals surface area contributed by atoms with E-state index in [1.165, 1.54) is 16.0 Å². The summed E-state index contributed by atoms with van der Waals surface area (Å²) in [4.78, 5) is 16.2. The molecule has 5 nitrogen and oxygen atoms in total. The molecule has 0 saturated heterocycles. The van der Waals surface area contributed by atoms with Gasteiger partial charge in [-0.05, 0) is 49.4 Å². The normalized spacial score (nSPS) is 14.2. The molecular formula is C20H22N4OS. The minimum absolute atomic E-state index is 0.00283. The van der Waals surface area contributed by atoms with Crippen LogP contribution in [0.25, 0.3) is 5.69 Å². The molecule has 0 saturated carbocycles. The number of nitrogens with one attached hydrogen (secondary N) is 1. The average molecular weight is 366 g/mol. The molecular weight excluding hydrogens is 344 g/mol. The third-order valence-electron chi connectivity index (χ3n) is 4.63. The zero-order chi connectivity index (χ0) is 18.1. The van der Waals surface area contributed by atoms with Crippen molar-refractivity contribution in [3.05, 3.63) is 63.5 Å². The van der Waals surface area contributed by atoms with Crippen molar-refractivity contribution in [2.24, 2.45) is 0 Å². The Hall–Kier alpha value is -2.44. The quantitative estimate of drug-likeness (QED) is 0.768. The lowest BCUT2D eigenvalue weighted by molar-refractivity contribution is -0.117. The van der Waals surface area contributed by atoms with E-state index in [1.807, 2.05) is 48.6 Å². The number of benzene rings is 1. The number of carbonyl (C=O) groups is 1. The van der Waals surface area contributed by atoms with Crippen LogP contribution in [0.1, 0.15) is 21.7 Å². The SMILES string of the molecule is Cc1ccc(-n2nc(C)cc2NC(=O)CN2CCc3sccc3C2)cc1. The Bertz CT molecular complexity index is 926. The fourth-order valence-corrected chi connectivity index (χ4v) is 4.19. The highest BCUT2D eigenvalue weighted by Crippen LogP contribution is 2.24. The van der Waals surface area contributed by atoms with E-state index in [4.69, 9.17) is 0 Å². The number of nitrogens with zero attached hydrogens (tertiary/aromatic N) is 3. The molecule has 0 unspecified atom stereocenters. The number of aromatic nitrogens is 2. The Morgan fingerprint density at radius 3 is 2.85 bits per heavy atom. The number of aryl methyl sites for hydroxylation is 2. The van der Waals surface area contributed by atoms with Gasteiger partial charge in [-0.15, -0.1) is 11.3 Å². The smallest absolute Gasteiger partial charge is 0.239 e. The van der Waals surface area contributed by atoms with E-state index in [9.17, 15) is 4.79 Å². The lowest BCUT2D eigenvalue weighted by Crippen LogP contribution is -2.36. The van der Waals surface area contributed by atoms with Crippen molar-refractivity contribution in [2.45, 2.75) is 26.8 Å². The van der Waals surface area contributed by atoms with Crippen LogP contribution in [0.4, 0.5) is 5.82 Å². The molecule has 0 radical (unpaired) electrons. The van der Waals surface area contributed by atoms with Gasteiger partial charge in [0.15, 0.2) is 0 Å². The molecule has 0 atom stereocenters. The highest BCUT2D eigenvalue weighted by molar-refractivity contribution is 7.10. The van der Waals surface area contributed by atoms with Gasteiger partial charge in [0, 0.05) is 24.0 Å². The van der Waals surface area contributed by atoms with Gasteiger partial charge in [-0.3, -0.25) is 9.69 Å². The first-order chi connectivity index (χ1) is 12.6. The van der Waals surface area contributed by atoms with Crippen LogP contribution in [0.15, 0.2) is 41.8 Å². The summed E-state index contributed by atoms with van der Waals surface area (Å²) in [5.41, 5.74) is 4.37. The highest BCUT2D eigenvalue weighted by atomic mass is 32.1. The van der Waals surface area contributed by atoms with E-state index in [-0.39, 0.29) is 5.91 Å². The largest absolute Gasteiger partial charge is 0.309 e. The summed E-state index contributed by atoms with van der Waals surface area (Å²) in [6.45, 7) is 6.16. The summed E-state index contributed by atoms with van der Waals surface area (Å²) < 4.78 is 1.79. The molecule has 4 rings (SSSR count). The number of rotatable bonds is 4. The Kier molecular flexibility index (Phi) is 4.61. The van der Waals surface area contributed by atoms with E-state index in [2.05, 4.69) is 33.7 Å². The van der Waals surface area contributed by atoms with Gasteiger partial charge < -0.3 is 5.32 Å². The zero-order valence-corrected chi connectivity index (χ0v) is 15.8. The standard InChI is InChI=1S/C20H22N4OS/c1-14-3-5-17(6-4-14)24-19(11-15(2)22-24)21-20(25)13-23-9-7-18-16(12-23)8-10-26-18/h3-6,8,10-11H,7,9,12-13H2,1-2H3,(H,21,25). The minimum Gasteiger partial charge on any atom is -0.309 e. The maximum atomic E-state index is 12.6. The van der Waals surface area contributed by atoms with E-state index >= 15 is 0 Å². The molecule has 26 heavy (non-hydrogen) atoms. The summed E-state index contributed by atoms with van der Waals surface area (Å²) in [6.07, 6.45) is 1.03. The van der Waals surface area contributed by atoms with Gasteiger partial charge in [0.1, 0.15) is 5.82 Å². The fourth-order valence-electron chi connectivity index (χ4n) is 3.30. The van der Waals surface area contributed by atoms with Crippen LogP contribution >= 0.6 is 11.3 Å². The summed E-state index contributed by atoms with van der Waals surface area (Å²) in [7, 11) is 0. The van der Waals surface area contributed by atoms with Crippen molar-refractivity contribution in [1.29, 1.82) is 0 Å². The van der Waals surface area contributed by atoms with E-state index in [1.54, 1.807) is 4.68 Å². The number of hydrogen-bond donors (Lipinski definition) is 1. The monoisotopic (exact) mass is 366 g/mol. The molecule has 1 aromatic carbocycles. The minimum atomic E-state index is -0.00283. The Labute approximate surface area is 157 Å². The summed E-state index contributed by atoms with van der Waals surface area (Å²) in [5, 5.41) is 9.69. The first-order valence-electron chi connectivity index (χ1n) is 8.79. The number of thiophene rings is 1. The number of anilines is 1. The third kappa shape index (κ3) is 3.57. The first kappa shape index (κ1) is 17.0. The predicted molar refractivity (Wildman–Crippen MR) is 105 cm³/mol. The molecule has 2 aromatic heterocycles. The van der Waals surface area contributed by atoms with E-state index in [0.29, 0.717) is 12.4 Å². The second-order valence-electron chi connectivity index (χ2n) is 6.80. The molecule has 1 aliphatic heterocycles. The van der Waals surface area contributed by atoms with Crippen molar-refractivity contribution in [1.82, 2.24) is 14.7 Å². The summed E-state index contributed by atoms with van der Waals surface area (Å²) >= 11 is 1.81.